The first kappa shape index (κ1) is 19.4. The van der Waals surface area contributed by atoms with Gasteiger partial charge in [0, 0.05) is 37.5 Å². The van der Waals surface area contributed by atoms with Gasteiger partial charge in [-0.2, -0.15) is 0 Å². The molecule has 1 aromatic rings. The van der Waals surface area contributed by atoms with Crippen LogP contribution in [0.3, 0.4) is 0 Å². The van der Waals surface area contributed by atoms with Gasteiger partial charge in [0.05, 0.1) is 11.2 Å². The summed E-state index contributed by atoms with van der Waals surface area (Å²) < 4.78 is 12.1. The molecule has 3 heterocycles. The average Bonchev–Trinajstić information content (AvgIpc) is 3.15. The maximum atomic E-state index is 11.3. The zero-order valence-corrected chi connectivity index (χ0v) is 16.5. The third-order valence-corrected chi connectivity index (χ3v) is 5.70. The highest BCUT2D eigenvalue weighted by atomic mass is 35.5. The highest BCUT2D eigenvalue weighted by Crippen LogP contribution is 2.36. The third kappa shape index (κ3) is 3.97. The standard InChI is InChI=1S/C17H26BClN4O3/c1-16(2)17(3,4)26-18(25-16)13-9-21-15(22-10-13)23-6-5-12(11-23)8-20-14(24)7-19/h9-10,12H,5-8,11H2,1-4H3,(H,20,24)/t12-/m1/s1. The fraction of sp³-hybridized carbons (Fsp3) is 0.706. The van der Waals surface area contributed by atoms with Gasteiger partial charge in [0.15, 0.2) is 0 Å². The number of alkyl halides is 1. The number of nitrogens with zero attached hydrogens (tertiary/aromatic N) is 3. The summed E-state index contributed by atoms with van der Waals surface area (Å²) in [6, 6.07) is 0. The first-order valence-electron chi connectivity index (χ1n) is 8.97. The second-order valence-corrected chi connectivity index (χ2v) is 8.21. The van der Waals surface area contributed by atoms with E-state index in [-0.39, 0.29) is 23.0 Å². The van der Waals surface area contributed by atoms with E-state index >= 15 is 0 Å². The Morgan fingerprint density at radius 3 is 2.50 bits per heavy atom. The Bertz CT molecular complexity index is 640. The quantitative estimate of drug-likeness (QED) is 0.605. The first-order chi connectivity index (χ1) is 12.2. The molecule has 0 saturated carbocycles. The van der Waals surface area contributed by atoms with Crippen molar-refractivity contribution in [2.24, 2.45) is 5.92 Å². The smallest absolute Gasteiger partial charge is 0.399 e. The number of aromatic nitrogens is 2. The van der Waals surface area contributed by atoms with Gasteiger partial charge in [-0.3, -0.25) is 4.79 Å². The fourth-order valence-corrected chi connectivity index (χ4v) is 3.18. The van der Waals surface area contributed by atoms with Gasteiger partial charge in [-0.15, -0.1) is 11.6 Å². The Morgan fingerprint density at radius 1 is 1.31 bits per heavy atom. The minimum Gasteiger partial charge on any atom is -0.399 e. The van der Waals surface area contributed by atoms with E-state index in [0.717, 1.165) is 25.0 Å². The molecule has 1 N–H and O–H groups in total. The summed E-state index contributed by atoms with van der Waals surface area (Å²) in [5.41, 5.74) is 0.0512. The number of hydrogen-bond donors (Lipinski definition) is 1. The molecule has 0 unspecified atom stereocenters. The van der Waals surface area contributed by atoms with Crippen molar-refractivity contribution in [1.29, 1.82) is 0 Å². The Balaban J connectivity index is 1.58. The minimum absolute atomic E-state index is 0.0000718. The number of carbonyl (C=O) groups excluding carboxylic acids is 1. The molecule has 26 heavy (non-hydrogen) atoms. The van der Waals surface area contributed by atoms with Crippen LogP contribution in [0.5, 0.6) is 0 Å². The highest BCUT2D eigenvalue weighted by Gasteiger charge is 2.52. The number of nitrogens with one attached hydrogen (secondary N) is 1. The van der Waals surface area contributed by atoms with Gasteiger partial charge >= 0.3 is 7.12 Å². The Hall–Kier alpha value is -1.38. The van der Waals surface area contributed by atoms with Crippen LogP contribution in [0.4, 0.5) is 5.95 Å². The van der Waals surface area contributed by atoms with E-state index in [1.165, 1.54) is 0 Å². The van der Waals surface area contributed by atoms with Crippen molar-refractivity contribution in [1.82, 2.24) is 15.3 Å². The lowest BCUT2D eigenvalue weighted by molar-refractivity contribution is -0.118. The Kier molecular flexibility index (Phi) is 5.46. The molecule has 1 amide bonds. The molecule has 0 aromatic carbocycles. The van der Waals surface area contributed by atoms with E-state index in [0.29, 0.717) is 18.4 Å². The van der Waals surface area contributed by atoms with Crippen molar-refractivity contribution in [3.05, 3.63) is 12.4 Å². The zero-order valence-electron chi connectivity index (χ0n) is 15.8. The molecule has 1 aromatic heterocycles. The molecule has 0 radical (unpaired) electrons. The monoisotopic (exact) mass is 380 g/mol. The topological polar surface area (TPSA) is 76.6 Å². The van der Waals surface area contributed by atoms with Crippen molar-refractivity contribution < 1.29 is 14.1 Å². The number of rotatable bonds is 5. The maximum Gasteiger partial charge on any atom is 0.498 e. The highest BCUT2D eigenvalue weighted by molar-refractivity contribution is 6.61. The molecular weight excluding hydrogens is 354 g/mol. The normalized spacial score (nSPS) is 24.1. The van der Waals surface area contributed by atoms with Crippen molar-refractivity contribution in [3.63, 3.8) is 0 Å². The SMILES string of the molecule is CC1(C)OB(c2cnc(N3CC[C@H](CNC(=O)CCl)C3)nc2)OC1(C)C. The van der Waals surface area contributed by atoms with Gasteiger partial charge in [-0.25, -0.2) is 9.97 Å². The molecule has 2 fully saturated rings. The van der Waals surface area contributed by atoms with E-state index in [4.69, 9.17) is 20.9 Å². The molecule has 0 spiro atoms. The average molecular weight is 381 g/mol. The molecule has 0 bridgehead atoms. The predicted molar refractivity (Wildman–Crippen MR) is 102 cm³/mol. The molecule has 2 aliphatic rings. The Morgan fingerprint density at radius 2 is 1.92 bits per heavy atom. The van der Waals surface area contributed by atoms with Crippen LogP contribution in [-0.2, 0) is 14.1 Å². The van der Waals surface area contributed by atoms with Crippen LogP contribution in [0.15, 0.2) is 12.4 Å². The second kappa shape index (κ2) is 7.33. The molecule has 142 valence electrons. The zero-order chi connectivity index (χ0) is 18.9. The van der Waals surface area contributed by atoms with Crippen LogP contribution < -0.4 is 15.7 Å². The van der Waals surface area contributed by atoms with Gasteiger partial charge in [0.25, 0.3) is 0 Å². The summed E-state index contributed by atoms with van der Waals surface area (Å²) in [6.07, 6.45) is 4.53. The van der Waals surface area contributed by atoms with Crippen molar-refractivity contribution in [2.75, 3.05) is 30.4 Å². The summed E-state index contributed by atoms with van der Waals surface area (Å²) in [7, 11) is -0.453. The van der Waals surface area contributed by atoms with Crippen molar-refractivity contribution >= 4 is 36.0 Å². The lowest BCUT2D eigenvalue weighted by Gasteiger charge is -2.32. The summed E-state index contributed by atoms with van der Waals surface area (Å²) in [5.74, 6) is 0.943. The van der Waals surface area contributed by atoms with E-state index in [2.05, 4.69) is 20.2 Å². The van der Waals surface area contributed by atoms with Crippen molar-refractivity contribution in [2.45, 2.75) is 45.3 Å². The van der Waals surface area contributed by atoms with Gasteiger partial charge in [0.1, 0.15) is 5.88 Å². The maximum absolute atomic E-state index is 11.3. The van der Waals surface area contributed by atoms with Crippen LogP contribution in [-0.4, -0.2) is 59.7 Å². The van der Waals surface area contributed by atoms with Gasteiger partial charge in [0.2, 0.25) is 11.9 Å². The summed E-state index contributed by atoms with van der Waals surface area (Å²) >= 11 is 5.50. The molecule has 3 rings (SSSR count). The van der Waals surface area contributed by atoms with Crippen LogP contribution >= 0.6 is 11.6 Å². The summed E-state index contributed by atoms with van der Waals surface area (Å²) in [6.45, 7) is 10.4. The number of halogens is 1. The number of hydrogen-bond acceptors (Lipinski definition) is 6. The van der Waals surface area contributed by atoms with Crippen molar-refractivity contribution in [3.8, 4) is 0 Å². The summed E-state index contributed by atoms with van der Waals surface area (Å²) in [5, 5.41) is 2.84. The van der Waals surface area contributed by atoms with Crippen LogP contribution in [0.2, 0.25) is 0 Å². The van der Waals surface area contributed by atoms with Gasteiger partial charge < -0.3 is 19.5 Å². The molecule has 9 heteroatoms. The first-order valence-corrected chi connectivity index (χ1v) is 9.50. The van der Waals surface area contributed by atoms with Crippen LogP contribution in [0.1, 0.15) is 34.1 Å². The van der Waals surface area contributed by atoms with E-state index in [1.807, 2.05) is 27.7 Å². The number of carbonyl (C=O) groups is 1. The molecule has 2 saturated heterocycles. The van der Waals surface area contributed by atoms with E-state index < -0.39 is 7.12 Å². The largest absolute Gasteiger partial charge is 0.498 e. The van der Waals surface area contributed by atoms with Crippen LogP contribution in [0.25, 0.3) is 0 Å². The number of anilines is 1. The second-order valence-electron chi connectivity index (χ2n) is 7.94. The van der Waals surface area contributed by atoms with E-state index in [9.17, 15) is 4.79 Å². The molecule has 0 aliphatic carbocycles. The van der Waals surface area contributed by atoms with Gasteiger partial charge in [-0.1, -0.05) is 0 Å². The number of amides is 1. The van der Waals surface area contributed by atoms with E-state index in [1.54, 1.807) is 12.4 Å². The minimum atomic E-state index is -0.453. The fourth-order valence-electron chi connectivity index (χ4n) is 3.08. The van der Waals surface area contributed by atoms with Gasteiger partial charge in [-0.05, 0) is 40.0 Å². The molecule has 1 atom stereocenters. The molecule has 7 nitrogen and oxygen atoms in total. The summed E-state index contributed by atoms with van der Waals surface area (Å²) in [4.78, 5) is 22.4. The third-order valence-electron chi connectivity index (χ3n) is 5.46. The lowest BCUT2D eigenvalue weighted by Crippen LogP contribution is -2.41. The molecule has 2 aliphatic heterocycles. The van der Waals surface area contributed by atoms with Crippen LogP contribution in [0, 0.1) is 5.92 Å². The predicted octanol–water partition coefficient (Wildman–Crippen LogP) is 0.957. The Labute approximate surface area is 159 Å². The molecular formula is C17H26BClN4O3. The lowest BCUT2D eigenvalue weighted by atomic mass is 9.81.